The average Bonchev–Trinajstić information content (AvgIpc) is 2.99. The van der Waals surface area contributed by atoms with Gasteiger partial charge in [0.15, 0.2) is 0 Å². The van der Waals surface area contributed by atoms with Crippen molar-refractivity contribution in [2.24, 2.45) is 17.3 Å². The van der Waals surface area contributed by atoms with Gasteiger partial charge in [0.1, 0.15) is 11.2 Å². The summed E-state index contributed by atoms with van der Waals surface area (Å²) in [4.78, 5) is 37.0. The molecular formula is C20H28O6. The highest BCUT2D eigenvalue weighted by molar-refractivity contribution is 5.91. The number of carbonyl (C=O) groups excluding carboxylic acids is 3. The van der Waals surface area contributed by atoms with Gasteiger partial charge in [-0.15, -0.1) is 0 Å². The van der Waals surface area contributed by atoms with Crippen molar-refractivity contribution in [3.63, 3.8) is 0 Å². The first-order valence-electron chi connectivity index (χ1n) is 9.75. The van der Waals surface area contributed by atoms with Crippen LogP contribution in [0.15, 0.2) is 11.8 Å². The van der Waals surface area contributed by atoms with Crippen LogP contribution in [0.2, 0.25) is 0 Å². The second kappa shape index (κ2) is 7.80. The molecule has 0 N–H and O–H groups in total. The molecule has 3 rings (SSSR count). The summed E-state index contributed by atoms with van der Waals surface area (Å²) in [6.07, 6.45) is 8.04. The van der Waals surface area contributed by atoms with E-state index in [1.165, 1.54) is 13.3 Å². The molecule has 2 fully saturated rings. The smallest absolute Gasteiger partial charge is 0.373 e. The predicted octanol–water partition coefficient (Wildman–Crippen LogP) is 3.29. The molecule has 0 unspecified atom stereocenters. The van der Waals surface area contributed by atoms with Gasteiger partial charge in [-0.05, 0) is 44.6 Å². The Kier molecular flexibility index (Phi) is 5.68. The highest BCUT2D eigenvalue weighted by Gasteiger charge is 2.60. The highest BCUT2D eigenvalue weighted by atomic mass is 16.7. The van der Waals surface area contributed by atoms with Crippen molar-refractivity contribution in [3.05, 3.63) is 11.8 Å². The van der Waals surface area contributed by atoms with Crippen molar-refractivity contribution in [1.82, 2.24) is 0 Å². The van der Waals surface area contributed by atoms with E-state index in [0.29, 0.717) is 12.8 Å². The molecule has 1 spiro atoms. The van der Waals surface area contributed by atoms with Crippen LogP contribution in [0.4, 0.5) is 0 Å². The second-order valence-corrected chi connectivity index (χ2v) is 7.55. The van der Waals surface area contributed by atoms with Crippen LogP contribution >= 0.6 is 0 Å². The maximum atomic E-state index is 13.0. The van der Waals surface area contributed by atoms with Crippen LogP contribution in [0.5, 0.6) is 0 Å². The summed E-state index contributed by atoms with van der Waals surface area (Å²) in [5.74, 6) is -0.794. The lowest BCUT2D eigenvalue weighted by Crippen LogP contribution is -2.53. The van der Waals surface area contributed by atoms with E-state index in [9.17, 15) is 14.4 Å². The Bertz CT molecular complexity index is 603. The topological polar surface area (TPSA) is 78.9 Å². The lowest BCUT2D eigenvalue weighted by atomic mass is 9.62. The van der Waals surface area contributed by atoms with Crippen molar-refractivity contribution in [1.29, 1.82) is 0 Å². The van der Waals surface area contributed by atoms with E-state index in [4.69, 9.17) is 14.2 Å². The van der Waals surface area contributed by atoms with Crippen LogP contribution in [0.1, 0.15) is 65.2 Å². The number of allylic oxidation sites excluding steroid dienone is 1. The van der Waals surface area contributed by atoms with Crippen LogP contribution in [-0.2, 0) is 28.6 Å². The summed E-state index contributed by atoms with van der Waals surface area (Å²) < 4.78 is 16.3. The van der Waals surface area contributed by atoms with Crippen molar-refractivity contribution in [2.45, 2.75) is 71.5 Å². The average molecular weight is 364 g/mol. The molecule has 2 saturated carbocycles. The highest BCUT2D eigenvalue weighted by Crippen LogP contribution is 2.54. The maximum absolute atomic E-state index is 13.0. The van der Waals surface area contributed by atoms with E-state index in [1.807, 2.05) is 0 Å². The molecule has 2 aliphatic carbocycles. The molecule has 6 heteroatoms. The Morgan fingerprint density at radius 1 is 1.23 bits per heavy atom. The third kappa shape index (κ3) is 3.38. The Morgan fingerprint density at radius 3 is 2.54 bits per heavy atom. The molecule has 0 amide bonds. The summed E-state index contributed by atoms with van der Waals surface area (Å²) >= 11 is 0. The van der Waals surface area contributed by atoms with Gasteiger partial charge in [-0.2, -0.15) is 0 Å². The van der Waals surface area contributed by atoms with Gasteiger partial charge in [0.2, 0.25) is 5.76 Å². The van der Waals surface area contributed by atoms with Gasteiger partial charge < -0.3 is 14.2 Å². The van der Waals surface area contributed by atoms with Gasteiger partial charge in [-0.1, -0.05) is 19.3 Å². The van der Waals surface area contributed by atoms with Gasteiger partial charge in [-0.25, -0.2) is 4.79 Å². The normalized spacial score (nSPS) is 32.1. The maximum Gasteiger partial charge on any atom is 0.373 e. The molecule has 0 aromatic rings. The van der Waals surface area contributed by atoms with Crippen molar-refractivity contribution < 1.29 is 28.6 Å². The van der Waals surface area contributed by atoms with Crippen LogP contribution in [0.25, 0.3) is 0 Å². The van der Waals surface area contributed by atoms with Crippen molar-refractivity contribution in [3.8, 4) is 0 Å². The molecule has 1 aliphatic heterocycles. The number of hydrogen-bond donors (Lipinski definition) is 0. The molecule has 0 radical (unpaired) electrons. The number of Topliss-reactive ketones (excluding diaryl/α,β-unsaturated/α-hetero) is 1. The first kappa shape index (κ1) is 18.9. The zero-order chi connectivity index (χ0) is 18.7. The largest absolute Gasteiger partial charge is 0.460 e. The monoisotopic (exact) mass is 364 g/mol. The number of ether oxygens (including phenoxy) is 3. The molecule has 0 saturated heterocycles. The van der Waals surface area contributed by atoms with Crippen LogP contribution in [-0.4, -0.2) is 30.6 Å². The molecule has 3 aliphatic rings. The summed E-state index contributed by atoms with van der Waals surface area (Å²) in [7, 11) is 0. The third-order valence-electron chi connectivity index (χ3n) is 6.00. The molecule has 0 aromatic carbocycles. The molecule has 0 aromatic heterocycles. The number of rotatable bonds is 4. The summed E-state index contributed by atoms with van der Waals surface area (Å²) in [6.45, 7) is 3.26. The third-order valence-corrected chi connectivity index (χ3v) is 6.00. The summed E-state index contributed by atoms with van der Waals surface area (Å²) in [5.41, 5.74) is -0.871. The van der Waals surface area contributed by atoms with Crippen LogP contribution < -0.4 is 0 Å². The summed E-state index contributed by atoms with van der Waals surface area (Å²) in [6, 6.07) is 0. The summed E-state index contributed by atoms with van der Waals surface area (Å²) in [5, 5.41) is 0. The standard InChI is InChI=1S/C20H28O6/c1-3-24-18(23)16-12-15(14-8-5-4-6-9-14)20(11-7-10-17(20)22)19(26-16)25-13(2)21/h12,14-15,19H,3-11H2,1-2H3/t15-,19-,20+/m0/s1. The fourth-order valence-electron chi connectivity index (χ4n) is 4.89. The van der Waals surface area contributed by atoms with E-state index in [1.54, 1.807) is 13.0 Å². The zero-order valence-corrected chi connectivity index (χ0v) is 15.6. The molecule has 26 heavy (non-hydrogen) atoms. The van der Waals surface area contributed by atoms with Crippen LogP contribution in [0, 0.1) is 17.3 Å². The minimum Gasteiger partial charge on any atom is -0.460 e. The fraction of sp³-hybridized carbons (Fsp3) is 0.750. The van der Waals surface area contributed by atoms with Crippen LogP contribution in [0.3, 0.4) is 0 Å². The van der Waals surface area contributed by atoms with Gasteiger partial charge in [-0.3, -0.25) is 9.59 Å². The quantitative estimate of drug-likeness (QED) is 0.712. The van der Waals surface area contributed by atoms with Crippen molar-refractivity contribution in [2.75, 3.05) is 6.61 Å². The molecule has 6 nitrogen and oxygen atoms in total. The van der Waals surface area contributed by atoms with E-state index in [2.05, 4.69) is 0 Å². The van der Waals surface area contributed by atoms with Gasteiger partial charge in [0.05, 0.1) is 6.61 Å². The molecular weight excluding hydrogens is 336 g/mol. The second-order valence-electron chi connectivity index (χ2n) is 7.55. The first-order valence-corrected chi connectivity index (χ1v) is 9.75. The number of hydrogen-bond acceptors (Lipinski definition) is 6. The molecule has 0 bridgehead atoms. The first-order chi connectivity index (χ1) is 12.5. The Labute approximate surface area is 154 Å². The van der Waals surface area contributed by atoms with E-state index < -0.39 is 23.6 Å². The molecule has 1 heterocycles. The van der Waals surface area contributed by atoms with E-state index >= 15 is 0 Å². The zero-order valence-electron chi connectivity index (χ0n) is 15.6. The molecule has 3 atom stereocenters. The minimum atomic E-state index is -1.05. The number of carbonyl (C=O) groups is 3. The lowest BCUT2D eigenvalue weighted by Gasteiger charge is -2.46. The van der Waals surface area contributed by atoms with E-state index in [-0.39, 0.29) is 30.0 Å². The number of ketones is 1. The predicted molar refractivity (Wildman–Crippen MR) is 92.7 cm³/mol. The fourth-order valence-corrected chi connectivity index (χ4v) is 4.89. The van der Waals surface area contributed by atoms with Gasteiger partial charge >= 0.3 is 11.9 Å². The van der Waals surface area contributed by atoms with Crippen molar-refractivity contribution >= 4 is 17.7 Å². The minimum absolute atomic E-state index is 0.0685. The lowest BCUT2D eigenvalue weighted by molar-refractivity contribution is -0.216. The Hall–Kier alpha value is -1.85. The van der Waals surface area contributed by atoms with E-state index in [0.717, 1.165) is 32.1 Å². The Balaban J connectivity index is 2.02. The SMILES string of the molecule is CCOC(=O)C1=C[C@@H](C2CCCCC2)[C@@]2(CCCC2=O)[C@@H](OC(C)=O)O1. The molecule has 144 valence electrons. The van der Waals surface area contributed by atoms with Gasteiger partial charge in [0, 0.05) is 19.3 Å². The van der Waals surface area contributed by atoms with Gasteiger partial charge in [0.25, 0.3) is 6.29 Å². The number of esters is 2. The Morgan fingerprint density at radius 2 is 1.96 bits per heavy atom.